The van der Waals surface area contributed by atoms with Crippen LogP contribution in [0.3, 0.4) is 0 Å². The van der Waals surface area contributed by atoms with Gasteiger partial charge in [-0.15, -0.1) is 0 Å². The minimum Gasteiger partial charge on any atom is -0.380 e. The Morgan fingerprint density at radius 3 is 2.67 bits per heavy atom. The highest BCUT2D eigenvalue weighted by molar-refractivity contribution is 4.85. The van der Waals surface area contributed by atoms with Gasteiger partial charge in [-0.2, -0.15) is 0 Å². The van der Waals surface area contributed by atoms with Crippen LogP contribution in [0.5, 0.6) is 0 Å². The second-order valence-corrected chi connectivity index (χ2v) is 3.63. The zero-order chi connectivity index (χ0) is 8.97. The van der Waals surface area contributed by atoms with Crippen molar-refractivity contribution >= 4 is 0 Å². The normalized spacial score (nSPS) is 22.2. The van der Waals surface area contributed by atoms with Crippen LogP contribution >= 0.6 is 0 Å². The largest absolute Gasteiger partial charge is 0.380 e. The number of hydrogen-bond acceptors (Lipinski definition) is 3. The summed E-state index contributed by atoms with van der Waals surface area (Å²) in [6, 6.07) is 0.331. The van der Waals surface area contributed by atoms with Crippen LogP contribution in [-0.4, -0.2) is 19.3 Å². The summed E-state index contributed by atoms with van der Waals surface area (Å²) < 4.78 is 5.34. The molecule has 0 aliphatic heterocycles. The summed E-state index contributed by atoms with van der Waals surface area (Å²) in [5, 5.41) is 0. The monoisotopic (exact) mass is 172 g/mol. The maximum Gasteiger partial charge on any atom is 0.0635 e. The number of ether oxygens (including phenoxy) is 1. The Bertz CT molecular complexity index is 126. The summed E-state index contributed by atoms with van der Waals surface area (Å²) in [6.45, 7) is 5.77. The lowest BCUT2D eigenvalue weighted by Crippen LogP contribution is -2.44. The third kappa shape index (κ3) is 2.73. The van der Waals surface area contributed by atoms with Gasteiger partial charge < -0.3 is 4.74 Å². The quantitative estimate of drug-likeness (QED) is 0.462. The molecule has 0 amide bonds. The first-order valence-electron chi connectivity index (χ1n) is 4.83. The Morgan fingerprint density at radius 2 is 2.25 bits per heavy atom. The molecular weight excluding hydrogens is 152 g/mol. The van der Waals surface area contributed by atoms with E-state index >= 15 is 0 Å². The Hall–Kier alpha value is -0.120. The predicted molar refractivity (Wildman–Crippen MR) is 49.5 cm³/mol. The molecule has 3 N–H and O–H groups in total. The molecule has 72 valence electrons. The SMILES string of the molecule is CCOCC(NN)C(C)C1CC1. The minimum atomic E-state index is 0.331. The molecule has 0 radical (unpaired) electrons. The van der Waals surface area contributed by atoms with Crippen LogP contribution in [0.1, 0.15) is 26.7 Å². The molecule has 1 aliphatic carbocycles. The summed E-state index contributed by atoms with van der Waals surface area (Å²) >= 11 is 0. The van der Waals surface area contributed by atoms with Crippen LogP contribution in [0.15, 0.2) is 0 Å². The number of rotatable bonds is 6. The molecule has 3 heteroatoms. The third-order valence-electron chi connectivity index (χ3n) is 2.72. The molecule has 0 saturated heterocycles. The molecule has 1 aliphatic rings. The van der Waals surface area contributed by atoms with E-state index in [1.54, 1.807) is 0 Å². The second kappa shape index (κ2) is 4.80. The maximum absolute atomic E-state index is 5.45. The molecule has 2 atom stereocenters. The van der Waals surface area contributed by atoms with Gasteiger partial charge in [-0.05, 0) is 31.6 Å². The number of nitrogens with one attached hydrogen (secondary N) is 1. The second-order valence-electron chi connectivity index (χ2n) is 3.63. The van der Waals surface area contributed by atoms with Gasteiger partial charge in [0, 0.05) is 12.6 Å². The minimum absolute atomic E-state index is 0.331. The van der Waals surface area contributed by atoms with Crippen molar-refractivity contribution in [2.24, 2.45) is 17.7 Å². The van der Waals surface area contributed by atoms with Gasteiger partial charge in [0.2, 0.25) is 0 Å². The summed E-state index contributed by atoms with van der Waals surface area (Å²) in [5.74, 6) is 6.99. The average Bonchev–Trinajstić information content (AvgIpc) is 2.88. The van der Waals surface area contributed by atoms with Crippen LogP contribution in [0.25, 0.3) is 0 Å². The molecule has 0 aromatic rings. The molecular formula is C9H20N2O. The molecule has 2 unspecified atom stereocenters. The topological polar surface area (TPSA) is 47.3 Å². The Morgan fingerprint density at radius 1 is 1.58 bits per heavy atom. The highest BCUT2D eigenvalue weighted by Crippen LogP contribution is 2.38. The third-order valence-corrected chi connectivity index (χ3v) is 2.72. The standard InChI is InChI=1S/C9H20N2O/c1-3-12-6-9(11-10)7(2)8-4-5-8/h7-9,11H,3-6,10H2,1-2H3. The zero-order valence-corrected chi connectivity index (χ0v) is 8.05. The fraction of sp³-hybridized carbons (Fsp3) is 1.00. The summed E-state index contributed by atoms with van der Waals surface area (Å²) in [5.41, 5.74) is 2.83. The van der Waals surface area contributed by atoms with Crippen LogP contribution < -0.4 is 11.3 Å². The van der Waals surface area contributed by atoms with E-state index in [1.165, 1.54) is 12.8 Å². The van der Waals surface area contributed by atoms with Crippen molar-refractivity contribution in [1.29, 1.82) is 0 Å². The summed E-state index contributed by atoms with van der Waals surface area (Å²) in [7, 11) is 0. The smallest absolute Gasteiger partial charge is 0.0635 e. The van der Waals surface area contributed by atoms with E-state index in [0.717, 1.165) is 19.1 Å². The predicted octanol–water partition coefficient (Wildman–Crippen LogP) is 0.901. The number of hydrazine groups is 1. The van der Waals surface area contributed by atoms with Gasteiger partial charge in [-0.3, -0.25) is 11.3 Å². The molecule has 1 fully saturated rings. The fourth-order valence-electron chi connectivity index (χ4n) is 1.55. The van der Waals surface area contributed by atoms with Gasteiger partial charge in [-0.25, -0.2) is 0 Å². The molecule has 1 saturated carbocycles. The lowest BCUT2D eigenvalue weighted by Gasteiger charge is -2.22. The fourth-order valence-corrected chi connectivity index (χ4v) is 1.55. The average molecular weight is 172 g/mol. The van der Waals surface area contributed by atoms with E-state index in [0.29, 0.717) is 12.0 Å². The molecule has 0 aromatic carbocycles. The zero-order valence-electron chi connectivity index (χ0n) is 8.05. The van der Waals surface area contributed by atoms with Crippen LogP contribution in [0.4, 0.5) is 0 Å². The van der Waals surface area contributed by atoms with E-state index < -0.39 is 0 Å². The van der Waals surface area contributed by atoms with Gasteiger partial charge >= 0.3 is 0 Å². The Balaban J connectivity index is 2.22. The van der Waals surface area contributed by atoms with Crippen molar-refractivity contribution in [3.8, 4) is 0 Å². The van der Waals surface area contributed by atoms with Crippen LogP contribution in [0.2, 0.25) is 0 Å². The Labute approximate surface area is 74.6 Å². The van der Waals surface area contributed by atoms with Gasteiger partial charge in [0.15, 0.2) is 0 Å². The Kier molecular flexibility index (Phi) is 3.98. The maximum atomic E-state index is 5.45. The van der Waals surface area contributed by atoms with Crippen molar-refractivity contribution in [2.45, 2.75) is 32.7 Å². The molecule has 1 rings (SSSR count). The lowest BCUT2D eigenvalue weighted by atomic mass is 9.98. The molecule has 0 spiro atoms. The van der Waals surface area contributed by atoms with Gasteiger partial charge in [-0.1, -0.05) is 6.92 Å². The first-order chi connectivity index (χ1) is 5.79. The van der Waals surface area contributed by atoms with E-state index in [9.17, 15) is 0 Å². The van der Waals surface area contributed by atoms with E-state index in [-0.39, 0.29) is 0 Å². The van der Waals surface area contributed by atoms with Crippen LogP contribution in [-0.2, 0) is 4.74 Å². The van der Waals surface area contributed by atoms with E-state index in [2.05, 4.69) is 12.3 Å². The van der Waals surface area contributed by atoms with Crippen molar-refractivity contribution in [1.82, 2.24) is 5.43 Å². The van der Waals surface area contributed by atoms with E-state index in [4.69, 9.17) is 10.6 Å². The van der Waals surface area contributed by atoms with Crippen molar-refractivity contribution < 1.29 is 4.74 Å². The summed E-state index contributed by atoms with van der Waals surface area (Å²) in [6.07, 6.45) is 2.73. The van der Waals surface area contributed by atoms with Crippen molar-refractivity contribution in [3.05, 3.63) is 0 Å². The molecule has 0 bridgehead atoms. The van der Waals surface area contributed by atoms with Gasteiger partial charge in [0.05, 0.1) is 6.61 Å². The lowest BCUT2D eigenvalue weighted by molar-refractivity contribution is 0.101. The van der Waals surface area contributed by atoms with Gasteiger partial charge in [0.25, 0.3) is 0 Å². The summed E-state index contributed by atoms with van der Waals surface area (Å²) in [4.78, 5) is 0. The first-order valence-corrected chi connectivity index (χ1v) is 4.83. The molecule has 0 heterocycles. The molecule has 3 nitrogen and oxygen atoms in total. The van der Waals surface area contributed by atoms with Crippen molar-refractivity contribution in [2.75, 3.05) is 13.2 Å². The highest BCUT2D eigenvalue weighted by atomic mass is 16.5. The first kappa shape index (κ1) is 9.96. The van der Waals surface area contributed by atoms with Crippen molar-refractivity contribution in [3.63, 3.8) is 0 Å². The molecule has 0 aromatic heterocycles. The van der Waals surface area contributed by atoms with Crippen LogP contribution in [0, 0.1) is 11.8 Å². The van der Waals surface area contributed by atoms with E-state index in [1.807, 2.05) is 6.92 Å². The number of hydrogen-bond donors (Lipinski definition) is 2. The van der Waals surface area contributed by atoms with Gasteiger partial charge in [0.1, 0.15) is 0 Å². The highest BCUT2D eigenvalue weighted by Gasteiger charge is 2.32. The number of nitrogens with two attached hydrogens (primary N) is 1. The molecule has 12 heavy (non-hydrogen) atoms.